The molecule has 0 aromatic carbocycles. The van der Waals surface area contributed by atoms with Crippen molar-refractivity contribution < 1.29 is 14.4 Å². The molecule has 1 rings (SSSR count). The molecule has 0 saturated heterocycles. The van der Waals surface area contributed by atoms with Crippen LogP contribution in [0.15, 0.2) is 4.52 Å². The average Bonchev–Trinajstić information content (AvgIpc) is 2.63. The summed E-state index contributed by atoms with van der Waals surface area (Å²) in [6.45, 7) is 2.36. The van der Waals surface area contributed by atoms with E-state index in [9.17, 15) is 5.11 Å². The zero-order valence-corrected chi connectivity index (χ0v) is 9.79. The number of aliphatic hydroxyl groups excluding tert-OH is 1. The van der Waals surface area contributed by atoms with E-state index in [0.717, 1.165) is 11.5 Å². The maximum Gasteiger partial charge on any atom is 0.229 e. The fourth-order valence-corrected chi connectivity index (χ4v) is 1.58. The molecule has 15 heavy (non-hydrogen) atoms. The van der Waals surface area contributed by atoms with Gasteiger partial charge in [-0.05, 0) is 5.75 Å². The molecule has 6 heteroatoms. The molecular formula is C9H16N2O3S. The number of methoxy groups -OCH3 is 1. The highest BCUT2D eigenvalue weighted by Gasteiger charge is 2.11. The number of nitrogens with zero attached hydrogens (tertiary/aromatic N) is 2. The van der Waals surface area contributed by atoms with Gasteiger partial charge in [0.05, 0.1) is 24.9 Å². The van der Waals surface area contributed by atoms with Crippen LogP contribution in [0, 0.1) is 0 Å². The van der Waals surface area contributed by atoms with Crippen molar-refractivity contribution in [2.24, 2.45) is 0 Å². The first-order valence-electron chi connectivity index (χ1n) is 4.82. The minimum absolute atomic E-state index is 0.279. The molecule has 0 aliphatic heterocycles. The quantitative estimate of drug-likeness (QED) is 0.752. The molecule has 86 valence electrons. The standard InChI is InChI=1S/C9H16N2O3S/c1-3-15-6-8-10-9(14-11-8)4-7(12)5-13-2/h7,12H,3-6H2,1-2H3. The van der Waals surface area contributed by atoms with E-state index in [2.05, 4.69) is 17.1 Å². The number of ether oxygens (including phenoxy) is 1. The van der Waals surface area contributed by atoms with Crippen molar-refractivity contribution in [1.29, 1.82) is 0 Å². The fourth-order valence-electron chi connectivity index (χ4n) is 1.08. The number of aliphatic hydroxyl groups is 1. The van der Waals surface area contributed by atoms with Gasteiger partial charge in [0.25, 0.3) is 0 Å². The molecule has 0 bridgehead atoms. The predicted octanol–water partition coefficient (Wildman–Crippen LogP) is 0.872. The van der Waals surface area contributed by atoms with Crippen molar-refractivity contribution in [2.75, 3.05) is 19.5 Å². The zero-order chi connectivity index (χ0) is 11.1. The molecule has 1 N–H and O–H groups in total. The van der Waals surface area contributed by atoms with Gasteiger partial charge >= 0.3 is 0 Å². The van der Waals surface area contributed by atoms with E-state index >= 15 is 0 Å². The highest BCUT2D eigenvalue weighted by molar-refractivity contribution is 7.98. The average molecular weight is 232 g/mol. The van der Waals surface area contributed by atoms with Crippen LogP contribution in [-0.2, 0) is 16.9 Å². The van der Waals surface area contributed by atoms with Gasteiger partial charge in [-0.15, -0.1) is 0 Å². The Morgan fingerprint density at radius 2 is 2.40 bits per heavy atom. The van der Waals surface area contributed by atoms with Gasteiger partial charge in [-0.25, -0.2) is 0 Å². The Morgan fingerprint density at radius 1 is 1.60 bits per heavy atom. The summed E-state index contributed by atoms with van der Waals surface area (Å²) in [6.07, 6.45) is -0.236. The maximum absolute atomic E-state index is 9.43. The lowest BCUT2D eigenvalue weighted by Crippen LogP contribution is -2.17. The normalized spacial score (nSPS) is 13.0. The Bertz CT molecular complexity index is 280. The van der Waals surface area contributed by atoms with E-state index in [-0.39, 0.29) is 6.61 Å². The first-order chi connectivity index (χ1) is 7.26. The second-order valence-corrected chi connectivity index (χ2v) is 4.33. The number of aromatic nitrogens is 2. The van der Waals surface area contributed by atoms with E-state index in [0.29, 0.717) is 18.1 Å². The summed E-state index contributed by atoms with van der Waals surface area (Å²) in [4.78, 5) is 4.16. The van der Waals surface area contributed by atoms with E-state index in [4.69, 9.17) is 9.26 Å². The van der Waals surface area contributed by atoms with E-state index in [1.807, 2.05) is 0 Å². The molecular weight excluding hydrogens is 216 g/mol. The molecule has 0 fully saturated rings. The van der Waals surface area contributed by atoms with Crippen LogP contribution in [0.25, 0.3) is 0 Å². The first-order valence-corrected chi connectivity index (χ1v) is 5.98. The molecule has 1 unspecified atom stereocenters. The number of hydrogen-bond donors (Lipinski definition) is 1. The highest BCUT2D eigenvalue weighted by Crippen LogP contribution is 2.09. The van der Waals surface area contributed by atoms with Crippen molar-refractivity contribution in [3.05, 3.63) is 11.7 Å². The Hall–Kier alpha value is -0.590. The number of rotatable bonds is 7. The van der Waals surface area contributed by atoms with Gasteiger partial charge in [0.15, 0.2) is 5.82 Å². The highest BCUT2D eigenvalue weighted by atomic mass is 32.2. The Morgan fingerprint density at radius 3 is 3.07 bits per heavy atom. The predicted molar refractivity (Wildman–Crippen MR) is 57.7 cm³/mol. The van der Waals surface area contributed by atoms with Gasteiger partial charge in [-0.3, -0.25) is 0 Å². The second-order valence-electron chi connectivity index (χ2n) is 3.05. The van der Waals surface area contributed by atoms with Gasteiger partial charge in [0.2, 0.25) is 5.89 Å². The van der Waals surface area contributed by atoms with Gasteiger partial charge in [-0.1, -0.05) is 12.1 Å². The topological polar surface area (TPSA) is 68.4 Å². The SMILES string of the molecule is CCSCc1noc(CC(O)COC)n1. The summed E-state index contributed by atoms with van der Waals surface area (Å²) < 4.78 is 9.79. The molecule has 0 saturated carbocycles. The van der Waals surface area contributed by atoms with Crippen molar-refractivity contribution in [3.63, 3.8) is 0 Å². The van der Waals surface area contributed by atoms with Crippen LogP contribution >= 0.6 is 11.8 Å². The minimum atomic E-state index is -0.581. The molecule has 0 aliphatic carbocycles. The van der Waals surface area contributed by atoms with Crippen LogP contribution < -0.4 is 0 Å². The van der Waals surface area contributed by atoms with Crippen LogP contribution in [0.5, 0.6) is 0 Å². The van der Waals surface area contributed by atoms with Crippen molar-refractivity contribution >= 4 is 11.8 Å². The van der Waals surface area contributed by atoms with Crippen LogP contribution in [0.4, 0.5) is 0 Å². The first kappa shape index (κ1) is 12.5. The van der Waals surface area contributed by atoms with Gasteiger partial charge in [-0.2, -0.15) is 16.7 Å². The summed E-state index contributed by atoms with van der Waals surface area (Å²) in [6, 6.07) is 0. The summed E-state index contributed by atoms with van der Waals surface area (Å²) in [7, 11) is 1.54. The molecule has 1 aromatic rings. The summed E-state index contributed by atoms with van der Waals surface area (Å²) in [5.74, 6) is 2.92. The molecule has 1 heterocycles. The third-order valence-electron chi connectivity index (χ3n) is 1.71. The van der Waals surface area contributed by atoms with E-state index < -0.39 is 6.10 Å². The lowest BCUT2D eigenvalue weighted by atomic mass is 10.3. The van der Waals surface area contributed by atoms with E-state index in [1.165, 1.54) is 0 Å². The Balaban J connectivity index is 2.38. The van der Waals surface area contributed by atoms with Gasteiger partial charge < -0.3 is 14.4 Å². The Kier molecular flexibility index (Phi) is 5.67. The molecule has 1 atom stereocenters. The lowest BCUT2D eigenvalue weighted by molar-refractivity contribution is 0.0599. The van der Waals surface area contributed by atoms with Crippen LogP contribution in [0.2, 0.25) is 0 Å². The summed E-state index contributed by atoms with van der Waals surface area (Å²) >= 11 is 1.73. The Labute approximate surface area is 93.2 Å². The molecule has 0 aliphatic rings. The summed E-state index contributed by atoms with van der Waals surface area (Å²) in [5.41, 5.74) is 0. The minimum Gasteiger partial charge on any atom is -0.390 e. The van der Waals surface area contributed by atoms with Gasteiger partial charge in [0.1, 0.15) is 0 Å². The van der Waals surface area contributed by atoms with Gasteiger partial charge in [0, 0.05) is 7.11 Å². The van der Waals surface area contributed by atoms with Crippen molar-refractivity contribution in [3.8, 4) is 0 Å². The summed E-state index contributed by atoms with van der Waals surface area (Å²) in [5, 5.41) is 13.2. The van der Waals surface area contributed by atoms with E-state index in [1.54, 1.807) is 18.9 Å². The molecule has 1 aromatic heterocycles. The molecule has 5 nitrogen and oxygen atoms in total. The number of thioether (sulfide) groups is 1. The fraction of sp³-hybridized carbons (Fsp3) is 0.778. The largest absolute Gasteiger partial charge is 0.390 e. The third kappa shape index (κ3) is 4.63. The third-order valence-corrected chi connectivity index (χ3v) is 2.59. The zero-order valence-electron chi connectivity index (χ0n) is 8.97. The van der Waals surface area contributed by atoms with Crippen LogP contribution in [0.1, 0.15) is 18.6 Å². The maximum atomic E-state index is 9.43. The van der Waals surface area contributed by atoms with Crippen LogP contribution in [0.3, 0.4) is 0 Å². The monoisotopic (exact) mass is 232 g/mol. The smallest absolute Gasteiger partial charge is 0.229 e. The van der Waals surface area contributed by atoms with Crippen LogP contribution in [-0.4, -0.2) is 40.8 Å². The molecule has 0 spiro atoms. The molecule has 0 radical (unpaired) electrons. The number of hydrogen-bond acceptors (Lipinski definition) is 6. The lowest BCUT2D eigenvalue weighted by Gasteiger charge is -2.04. The van der Waals surface area contributed by atoms with Crippen molar-refractivity contribution in [2.45, 2.75) is 25.2 Å². The molecule has 0 amide bonds. The van der Waals surface area contributed by atoms with Crippen molar-refractivity contribution in [1.82, 2.24) is 10.1 Å². The second kappa shape index (κ2) is 6.81.